The van der Waals surface area contributed by atoms with Gasteiger partial charge in [0, 0.05) is 23.2 Å². The van der Waals surface area contributed by atoms with Crippen LogP contribution in [-0.2, 0) is 9.59 Å². The van der Waals surface area contributed by atoms with Crippen molar-refractivity contribution in [3.8, 4) is 0 Å². The van der Waals surface area contributed by atoms with Crippen LogP contribution in [0.25, 0.3) is 0 Å². The lowest BCUT2D eigenvalue weighted by Gasteiger charge is -2.22. The number of carbonyl (C=O) groups is 2. The van der Waals surface area contributed by atoms with Crippen LogP contribution in [0.5, 0.6) is 0 Å². The highest BCUT2D eigenvalue weighted by Gasteiger charge is 2.20. The molecule has 0 bridgehead atoms. The maximum absolute atomic E-state index is 12.1. The van der Waals surface area contributed by atoms with Gasteiger partial charge >= 0.3 is 5.97 Å². The minimum Gasteiger partial charge on any atom is -0.480 e. The number of nitrogens with two attached hydrogens (primary N) is 1. The highest BCUT2D eigenvalue weighted by molar-refractivity contribution is 6.30. The van der Waals surface area contributed by atoms with E-state index in [2.05, 4.69) is 0 Å². The van der Waals surface area contributed by atoms with Crippen molar-refractivity contribution in [2.75, 3.05) is 11.4 Å². The summed E-state index contributed by atoms with van der Waals surface area (Å²) in [4.78, 5) is 24.2. The molecule has 1 atom stereocenters. The zero-order valence-electron chi connectivity index (χ0n) is 10.7. The first-order valence-electron chi connectivity index (χ1n) is 5.97. The maximum atomic E-state index is 12.1. The summed E-state index contributed by atoms with van der Waals surface area (Å²) >= 11 is 5.85. The van der Waals surface area contributed by atoms with Crippen molar-refractivity contribution < 1.29 is 14.7 Å². The Morgan fingerprint density at radius 3 is 2.68 bits per heavy atom. The molecule has 0 aliphatic carbocycles. The van der Waals surface area contributed by atoms with E-state index < -0.39 is 12.5 Å². The molecule has 1 rings (SSSR count). The summed E-state index contributed by atoms with van der Waals surface area (Å²) in [7, 11) is 0. The van der Waals surface area contributed by atoms with E-state index in [1.165, 1.54) is 4.90 Å². The van der Waals surface area contributed by atoms with Gasteiger partial charge < -0.3 is 15.7 Å². The number of carboxylic acids is 1. The topological polar surface area (TPSA) is 83.6 Å². The molecule has 0 fully saturated rings. The molecule has 6 heteroatoms. The molecule has 1 aromatic rings. The Morgan fingerprint density at radius 2 is 2.16 bits per heavy atom. The summed E-state index contributed by atoms with van der Waals surface area (Å²) in [5.41, 5.74) is 6.19. The molecule has 0 aliphatic rings. The molecular formula is C13H17ClN2O3. The van der Waals surface area contributed by atoms with Crippen LogP contribution < -0.4 is 10.6 Å². The highest BCUT2D eigenvalue weighted by Crippen LogP contribution is 2.20. The molecule has 5 nitrogen and oxygen atoms in total. The monoisotopic (exact) mass is 284 g/mol. The number of hydrogen-bond acceptors (Lipinski definition) is 3. The quantitative estimate of drug-likeness (QED) is 0.835. The highest BCUT2D eigenvalue weighted by atomic mass is 35.5. The molecule has 0 saturated heterocycles. The number of aliphatic carboxylic acids is 1. The molecule has 1 amide bonds. The van der Waals surface area contributed by atoms with Crippen molar-refractivity contribution in [3.63, 3.8) is 0 Å². The van der Waals surface area contributed by atoms with Gasteiger partial charge in [-0.2, -0.15) is 0 Å². The molecule has 0 aliphatic heterocycles. The molecule has 104 valence electrons. The SMILES string of the molecule is CCC(N)CC(=O)N(CC(=O)O)c1cccc(Cl)c1. The van der Waals surface area contributed by atoms with Gasteiger partial charge in [-0.25, -0.2) is 0 Å². The van der Waals surface area contributed by atoms with E-state index in [9.17, 15) is 9.59 Å². The van der Waals surface area contributed by atoms with E-state index in [-0.39, 0.29) is 18.4 Å². The molecule has 0 radical (unpaired) electrons. The molecule has 0 heterocycles. The number of rotatable bonds is 6. The molecular weight excluding hydrogens is 268 g/mol. The average molecular weight is 285 g/mol. The Kier molecular flexibility index (Phi) is 5.79. The van der Waals surface area contributed by atoms with Gasteiger partial charge in [-0.3, -0.25) is 9.59 Å². The summed E-state index contributed by atoms with van der Waals surface area (Å²) in [5, 5.41) is 9.34. The van der Waals surface area contributed by atoms with Crippen molar-refractivity contribution in [1.82, 2.24) is 0 Å². The van der Waals surface area contributed by atoms with Gasteiger partial charge in [0.2, 0.25) is 5.91 Å². The number of nitrogens with zero attached hydrogens (tertiary/aromatic N) is 1. The van der Waals surface area contributed by atoms with Crippen molar-refractivity contribution in [2.45, 2.75) is 25.8 Å². The summed E-state index contributed by atoms with van der Waals surface area (Å²) < 4.78 is 0. The normalized spacial score (nSPS) is 11.9. The standard InChI is InChI=1S/C13H17ClN2O3/c1-2-10(15)7-12(17)16(8-13(18)19)11-5-3-4-9(14)6-11/h3-6,10H,2,7-8,15H2,1H3,(H,18,19). The minimum atomic E-state index is -1.08. The van der Waals surface area contributed by atoms with Gasteiger partial charge in [0.15, 0.2) is 0 Å². The molecule has 0 spiro atoms. The third-order valence-electron chi connectivity index (χ3n) is 2.68. The van der Waals surface area contributed by atoms with Gasteiger partial charge in [0.05, 0.1) is 0 Å². The zero-order chi connectivity index (χ0) is 14.4. The second kappa shape index (κ2) is 7.11. The zero-order valence-corrected chi connectivity index (χ0v) is 11.4. The van der Waals surface area contributed by atoms with Crippen LogP contribution in [0.15, 0.2) is 24.3 Å². The van der Waals surface area contributed by atoms with E-state index in [1.54, 1.807) is 24.3 Å². The van der Waals surface area contributed by atoms with Crippen LogP contribution in [-0.4, -0.2) is 29.6 Å². The van der Waals surface area contributed by atoms with Crippen LogP contribution in [0.3, 0.4) is 0 Å². The van der Waals surface area contributed by atoms with Gasteiger partial charge in [0.25, 0.3) is 0 Å². The predicted molar refractivity (Wildman–Crippen MR) is 74.3 cm³/mol. The van der Waals surface area contributed by atoms with E-state index in [0.717, 1.165) is 0 Å². The predicted octanol–water partition coefficient (Wildman–Crippen LogP) is 1.88. The number of carboxylic acid groups (broad SMARTS) is 1. The molecule has 3 N–H and O–H groups in total. The van der Waals surface area contributed by atoms with Crippen LogP contribution in [0.2, 0.25) is 5.02 Å². The van der Waals surface area contributed by atoms with Crippen molar-refractivity contribution in [3.05, 3.63) is 29.3 Å². The number of carbonyl (C=O) groups excluding carboxylic acids is 1. The second-order valence-corrected chi connectivity index (χ2v) is 4.66. The molecule has 19 heavy (non-hydrogen) atoms. The minimum absolute atomic E-state index is 0.107. The Hall–Kier alpha value is -1.59. The van der Waals surface area contributed by atoms with Gasteiger partial charge in [0.1, 0.15) is 6.54 Å². The number of benzene rings is 1. The molecule has 0 aromatic heterocycles. The fourth-order valence-corrected chi connectivity index (χ4v) is 1.77. The average Bonchev–Trinajstić information content (AvgIpc) is 2.35. The van der Waals surface area contributed by atoms with Gasteiger partial charge in [-0.15, -0.1) is 0 Å². The Morgan fingerprint density at radius 1 is 1.47 bits per heavy atom. The van der Waals surface area contributed by atoms with Crippen LogP contribution in [0.1, 0.15) is 19.8 Å². The molecule has 1 aromatic carbocycles. The Bertz CT molecular complexity index is 465. The number of anilines is 1. The second-order valence-electron chi connectivity index (χ2n) is 4.23. The third kappa shape index (κ3) is 4.89. The smallest absolute Gasteiger partial charge is 0.323 e. The summed E-state index contributed by atoms with van der Waals surface area (Å²) in [6.07, 6.45) is 0.762. The van der Waals surface area contributed by atoms with E-state index in [1.807, 2.05) is 6.92 Å². The largest absolute Gasteiger partial charge is 0.480 e. The maximum Gasteiger partial charge on any atom is 0.323 e. The summed E-state index contributed by atoms with van der Waals surface area (Å²) in [6, 6.07) is 6.25. The van der Waals surface area contributed by atoms with Gasteiger partial charge in [-0.05, 0) is 24.6 Å². The van der Waals surface area contributed by atoms with E-state index in [4.69, 9.17) is 22.4 Å². The van der Waals surface area contributed by atoms with Crippen LogP contribution in [0, 0.1) is 0 Å². The first-order chi connectivity index (χ1) is 8.93. The first kappa shape index (κ1) is 15.5. The van der Waals surface area contributed by atoms with Crippen LogP contribution in [0.4, 0.5) is 5.69 Å². The van der Waals surface area contributed by atoms with Crippen molar-refractivity contribution >= 4 is 29.2 Å². The van der Waals surface area contributed by atoms with E-state index in [0.29, 0.717) is 17.1 Å². The van der Waals surface area contributed by atoms with E-state index >= 15 is 0 Å². The summed E-state index contributed by atoms with van der Waals surface area (Å²) in [5.74, 6) is -1.41. The lowest BCUT2D eigenvalue weighted by Crippen LogP contribution is -2.39. The van der Waals surface area contributed by atoms with Crippen molar-refractivity contribution in [1.29, 1.82) is 0 Å². The lowest BCUT2D eigenvalue weighted by molar-refractivity contribution is -0.136. The fraction of sp³-hybridized carbons (Fsp3) is 0.385. The van der Waals surface area contributed by atoms with Crippen molar-refractivity contribution in [2.24, 2.45) is 5.73 Å². The fourth-order valence-electron chi connectivity index (χ4n) is 1.58. The third-order valence-corrected chi connectivity index (χ3v) is 2.91. The molecule has 0 saturated carbocycles. The lowest BCUT2D eigenvalue weighted by atomic mass is 10.1. The summed E-state index contributed by atoms with van der Waals surface area (Å²) in [6.45, 7) is 1.47. The molecule has 1 unspecified atom stereocenters. The first-order valence-corrected chi connectivity index (χ1v) is 6.35. The van der Waals surface area contributed by atoms with Gasteiger partial charge in [-0.1, -0.05) is 24.6 Å². The number of halogens is 1. The Labute approximate surface area is 117 Å². The van der Waals surface area contributed by atoms with Crippen LogP contribution >= 0.6 is 11.6 Å². The number of amides is 1. The number of hydrogen-bond donors (Lipinski definition) is 2. The Balaban J connectivity index is 2.94.